The zero-order valence-corrected chi connectivity index (χ0v) is 14.3. The summed E-state index contributed by atoms with van der Waals surface area (Å²) in [5, 5.41) is 9.10. The maximum atomic E-state index is 14.6. The van der Waals surface area contributed by atoms with Gasteiger partial charge in [-0.2, -0.15) is 0 Å². The first-order valence-electron chi connectivity index (χ1n) is 7.10. The molecule has 2 rings (SSSR count). The molecule has 0 bridgehead atoms. The number of rotatable bonds is 5. The van der Waals surface area contributed by atoms with E-state index in [1.54, 1.807) is 6.92 Å². The van der Waals surface area contributed by atoms with E-state index in [2.05, 4.69) is 15.9 Å². The van der Waals surface area contributed by atoms with Gasteiger partial charge in [-0.3, -0.25) is 4.79 Å². The number of halogens is 3. The number of aliphatic carboxylic acids is 1. The highest BCUT2D eigenvalue weighted by Gasteiger charge is 2.45. The van der Waals surface area contributed by atoms with Crippen molar-refractivity contribution < 1.29 is 18.7 Å². The lowest BCUT2D eigenvalue weighted by molar-refractivity contribution is -0.143. The summed E-state index contributed by atoms with van der Waals surface area (Å²) in [5.74, 6) is -3.94. The lowest BCUT2D eigenvalue weighted by Crippen LogP contribution is -2.33. The minimum absolute atomic E-state index is 0.0298. The molecule has 1 heterocycles. The van der Waals surface area contributed by atoms with Gasteiger partial charge in [0.15, 0.2) is 0 Å². The van der Waals surface area contributed by atoms with Crippen LogP contribution < -0.4 is 0 Å². The third-order valence-corrected chi connectivity index (χ3v) is 6.50. The van der Waals surface area contributed by atoms with Crippen molar-refractivity contribution in [2.24, 2.45) is 5.41 Å². The lowest BCUT2D eigenvalue weighted by atomic mass is 9.68. The molecule has 1 aromatic heterocycles. The fourth-order valence-corrected chi connectivity index (χ4v) is 4.74. The van der Waals surface area contributed by atoms with Crippen molar-refractivity contribution in [3.8, 4) is 0 Å². The summed E-state index contributed by atoms with van der Waals surface area (Å²) >= 11 is 4.33. The van der Waals surface area contributed by atoms with Crippen molar-refractivity contribution in [3.63, 3.8) is 0 Å². The molecule has 1 aromatic rings. The van der Waals surface area contributed by atoms with Gasteiger partial charge < -0.3 is 5.11 Å². The molecule has 2 nitrogen and oxygen atoms in total. The highest BCUT2D eigenvalue weighted by molar-refractivity contribution is 9.11. The number of hydrogen-bond acceptors (Lipinski definition) is 2. The highest BCUT2D eigenvalue weighted by atomic mass is 79.9. The second kappa shape index (κ2) is 6.32. The van der Waals surface area contributed by atoms with Crippen molar-refractivity contribution in [2.75, 3.05) is 0 Å². The van der Waals surface area contributed by atoms with Crippen LogP contribution in [0.25, 0.3) is 0 Å². The quantitative estimate of drug-likeness (QED) is 0.708. The molecule has 0 unspecified atom stereocenters. The molecule has 1 saturated carbocycles. The third-order valence-electron chi connectivity index (χ3n) is 4.26. The predicted molar refractivity (Wildman–Crippen MR) is 83.0 cm³/mol. The van der Waals surface area contributed by atoms with E-state index in [4.69, 9.17) is 5.11 Å². The van der Waals surface area contributed by atoms with Gasteiger partial charge in [-0.15, -0.1) is 11.3 Å². The van der Waals surface area contributed by atoms with Gasteiger partial charge in [0, 0.05) is 6.42 Å². The molecule has 1 fully saturated rings. The van der Waals surface area contributed by atoms with Gasteiger partial charge in [0.25, 0.3) is 5.92 Å². The Kier molecular flexibility index (Phi) is 5.08. The summed E-state index contributed by atoms with van der Waals surface area (Å²) in [6.07, 6.45) is 3.34. The zero-order valence-electron chi connectivity index (χ0n) is 11.9. The van der Waals surface area contributed by atoms with E-state index in [0.29, 0.717) is 16.6 Å². The Morgan fingerprint density at radius 3 is 2.52 bits per heavy atom. The SMILES string of the molecule is Cc1cc(C(F)(F)CC2(CC(=O)O)CCCCC2)sc1Br. The fraction of sp³-hybridized carbons (Fsp3) is 0.667. The molecule has 0 spiro atoms. The minimum atomic E-state index is -2.96. The Morgan fingerprint density at radius 2 is 2.05 bits per heavy atom. The summed E-state index contributed by atoms with van der Waals surface area (Å²) in [4.78, 5) is 11.1. The van der Waals surface area contributed by atoms with E-state index in [0.717, 1.165) is 36.2 Å². The van der Waals surface area contributed by atoms with E-state index in [-0.39, 0.29) is 17.7 Å². The van der Waals surface area contributed by atoms with E-state index < -0.39 is 17.3 Å². The first-order valence-corrected chi connectivity index (χ1v) is 8.71. The molecule has 0 aromatic carbocycles. The number of alkyl halides is 2. The summed E-state index contributed by atoms with van der Waals surface area (Å²) in [6.45, 7) is 1.79. The van der Waals surface area contributed by atoms with Crippen LogP contribution in [-0.4, -0.2) is 11.1 Å². The monoisotopic (exact) mass is 380 g/mol. The normalized spacial score (nSPS) is 18.7. The van der Waals surface area contributed by atoms with Crippen LogP contribution in [0.2, 0.25) is 0 Å². The Balaban J connectivity index is 2.23. The number of aryl methyl sites for hydroxylation is 1. The molecule has 21 heavy (non-hydrogen) atoms. The van der Waals surface area contributed by atoms with Crippen LogP contribution in [0.5, 0.6) is 0 Å². The van der Waals surface area contributed by atoms with Crippen LogP contribution in [-0.2, 0) is 10.7 Å². The molecule has 118 valence electrons. The van der Waals surface area contributed by atoms with Gasteiger partial charge in [0.2, 0.25) is 0 Å². The minimum Gasteiger partial charge on any atom is -0.481 e. The van der Waals surface area contributed by atoms with E-state index in [1.165, 1.54) is 6.07 Å². The third kappa shape index (κ3) is 4.03. The van der Waals surface area contributed by atoms with Gasteiger partial charge in [0.1, 0.15) is 0 Å². The van der Waals surface area contributed by atoms with Gasteiger partial charge in [-0.25, -0.2) is 8.78 Å². The van der Waals surface area contributed by atoms with Gasteiger partial charge >= 0.3 is 5.97 Å². The molecular weight excluding hydrogens is 362 g/mol. The van der Waals surface area contributed by atoms with Gasteiger partial charge in [-0.05, 0) is 52.7 Å². The number of carbonyl (C=O) groups is 1. The summed E-state index contributed by atoms with van der Waals surface area (Å²) < 4.78 is 30.0. The van der Waals surface area contributed by atoms with Crippen molar-refractivity contribution in [3.05, 3.63) is 20.3 Å². The van der Waals surface area contributed by atoms with E-state index in [1.807, 2.05) is 0 Å². The fourth-order valence-electron chi connectivity index (χ4n) is 3.24. The predicted octanol–water partition coefficient (Wildman–Crippen LogP) is 5.73. The van der Waals surface area contributed by atoms with Gasteiger partial charge in [-0.1, -0.05) is 19.3 Å². The van der Waals surface area contributed by atoms with Crippen LogP contribution in [0.3, 0.4) is 0 Å². The molecule has 1 aliphatic carbocycles. The number of carboxylic acids is 1. The van der Waals surface area contributed by atoms with Crippen LogP contribution in [0, 0.1) is 12.3 Å². The summed E-state index contributed by atoms with van der Waals surface area (Å²) in [6, 6.07) is 1.51. The van der Waals surface area contributed by atoms with Crippen LogP contribution in [0.15, 0.2) is 9.85 Å². The maximum absolute atomic E-state index is 14.6. The molecule has 0 radical (unpaired) electrons. The Labute approximate surface area is 135 Å². The second-order valence-electron chi connectivity index (χ2n) is 6.08. The molecule has 0 aliphatic heterocycles. The Bertz CT molecular complexity index is 502. The zero-order chi connectivity index (χ0) is 15.7. The lowest BCUT2D eigenvalue weighted by Gasteiger charge is -2.38. The Hall–Kier alpha value is -0.490. The maximum Gasteiger partial charge on any atom is 0.303 e. The smallest absolute Gasteiger partial charge is 0.303 e. The average molecular weight is 381 g/mol. The Morgan fingerprint density at radius 1 is 1.43 bits per heavy atom. The summed E-state index contributed by atoms with van der Waals surface area (Å²) in [7, 11) is 0. The average Bonchev–Trinajstić information content (AvgIpc) is 2.69. The summed E-state index contributed by atoms with van der Waals surface area (Å²) in [5.41, 5.74) is 0.0309. The standard InChI is InChI=1S/C15H19BrF2O2S/c1-10-7-11(21-13(10)16)15(17,18)9-14(8-12(19)20)5-3-2-4-6-14/h7H,2-6,8-9H2,1H3,(H,19,20). The van der Waals surface area contributed by atoms with E-state index in [9.17, 15) is 13.6 Å². The molecule has 0 saturated heterocycles. The molecule has 0 atom stereocenters. The number of thiophene rings is 1. The van der Waals surface area contributed by atoms with Crippen molar-refractivity contribution in [1.82, 2.24) is 0 Å². The number of hydrogen-bond donors (Lipinski definition) is 1. The van der Waals surface area contributed by atoms with Crippen molar-refractivity contribution in [2.45, 2.75) is 57.8 Å². The van der Waals surface area contributed by atoms with Crippen molar-refractivity contribution in [1.29, 1.82) is 0 Å². The highest BCUT2D eigenvalue weighted by Crippen LogP contribution is 2.51. The molecular formula is C15H19BrF2O2S. The van der Waals surface area contributed by atoms with Gasteiger partial charge in [0.05, 0.1) is 15.1 Å². The number of carboxylic acid groups (broad SMARTS) is 1. The molecule has 1 aliphatic rings. The van der Waals surface area contributed by atoms with Crippen molar-refractivity contribution >= 4 is 33.2 Å². The molecule has 1 N–H and O–H groups in total. The molecule has 6 heteroatoms. The van der Waals surface area contributed by atoms with Crippen LogP contribution in [0.4, 0.5) is 8.78 Å². The topological polar surface area (TPSA) is 37.3 Å². The largest absolute Gasteiger partial charge is 0.481 e. The second-order valence-corrected chi connectivity index (χ2v) is 8.45. The van der Waals surface area contributed by atoms with E-state index >= 15 is 0 Å². The molecule has 0 amide bonds. The first-order chi connectivity index (χ1) is 9.74. The van der Waals surface area contributed by atoms with Crippen LogP contribution in [0.1, 0.15) is 55.4 Å². The first kappa shape index (κ1) is 16.9. The van der Waals surface area contributed by atoms with Crippen LogP contribution >= 0.6 is 27.3 Å².